The third-order valence-corrected chi connectivity index (χ3v) is 6.28. The van der Waals surface area contributed by atoms with Crippen LogP contribution in [-0.4, -0.2) is 74.3 Å². The molecule has 8 nitrogen and oxygen atoms in total. The summed E-state index contributed by atoms with van der Waals surface area (Å²) in [5, 5.41) is 3.45. The van der Waals surface area contributed by atoms with E-state index in [2.05, 4.69) is 40.4 Å². The van der Waals surface area contributed by atoms with Crippen LogP contribution in [-0.2, 0) is 10.5 Å². The molecule has 1 aromatic carbocycles. The van der Waals surface area contributed by atoms with Crippen LogP contribution in [0.2, 0.25) is 0 Å². The van der Waals surface area contributed by atoms with Gasteiger partial charge in [-0.15, -0.1) is 0 Å². The molecule has 1 aliphatic rings. The lowest BCUT2D eigenvalue weighted by Crippen LogP contribution is -2.44. The van der Waals surface area contributed by atoms with Gasteiger partial charge in [0.15, 0.2) is 10.9 Å². The Morgan fingerprint density at radius 3 is 2.67 bits per heavy atom. The zero-order valence-electron chi connectivity index (χ0n) is 19.0. The van der Waals surface area contributed by atoms with Crippen molar-refractivity contribution in [2.75, 3.05) is 58.4 Å². The number of rotatable bonds is 9. The van der Waals surface area contributed by atoms with Crippen LogP contribution in [0.1, 0.15) is 16.3 Å². The van der Waals surface area contributed by atoms with Crippen molar-refractivity contribution in [3.63, 3.8) is 0 Å². The quantitative estimate of drug-likeness (QED) is 0.292. The molecule has 2 aromatic heterocycles. The van der Waals surface area contributed by atoms with E-state index in [1.54, 1.807) is 13.2 Å². The third kappa shape index (κ3) is 6.34. The van der Waals surface area contributed by atoms with E-state index in [1.807, 2.05) is 24.3 Å². The second kappa shape index (κ2) is 11.3. The van der Waals surface area contributed by atoms with Gasteiger partial charge in [0.1, 0.15) is 11.6 Å². The first kappa shape index (κ1) is 23.3. The first-order chi connectivity index (χ1) is 16.1. The molecule has 0 bridgehead atoms. The number of amides is 1. The van der Waals surface area contributed by atoms with Crippen molar-refractivity contribution in [1.82, 2.24) is 20.2 Å². The number of hydrogen-bond donors (Lipinski definition) is 1. The topological polar surface area (TPSA) is 83.7 Å². The number of piperazine rings is 1. The number of likely N-dealkylation sites (N-methyl/N-ethyl adjacent to an activating group) is 1. The molecule has 3 heterocycles. The highest BCUT2D eigenvalue weighted by molar-refractivity contribution is 7.98. The van der Waals surface area contributed by atoms with Gasteiger partial charge in [-0.25, -0.2) is 9.97 Å². The number of furan rings is 1. The Morgan fingerprint density at radius 2 is 1.91 bits per heavy atom. The van der Waals surface area contributed by atoms with Crippen LogP contribution in [0.4, 0.5) is 5.82 Å². The van der Waals surface area contributed by atoms with E-state index in [1.165, 1.54) is 11.8 Å². The molecule has 0 radical (unpaired) electrons. The molecule has 0 saturated carbocycles. The maximum atomic E-state index is 12.2. The van der Waals surface area contributed by atoms with Crippen LogP contribution in [0.15, 0.2) is 58.1 Å². The van der Waals surface area contributed by atoms with Gasteiger partial charge >= 0.3 is 0 Å². The lowest BCUT2D eigenvalue weighted by atomic mass is 10.1. The average molecular weight is 468 g/mol. The lowest BCUT2D eigenvalue weighted by Gasteiger charge is -2.33. The van der Waals surface area contributed by atoms with Crippen LogP contribution in [0.25, 0.3) is 11.3 Å². The second-order valence-electron chi connectivity index (χ2n) is 7.85. The van der Waals surface area contributed by atoms with E-state index in [-0.39, 0.29) is 5.91 Å². The Labute approximate surface area is 198 Å². The minimum Gasteiger partial charge on any atom is -0.455 e. The average Bonchev–Trinajstić information content (AvgIpc) is 3.33. The Morgan fingerprint density at radius 1 is 1.12 bits per heavy atom. The fourth-order valence-electron chi connectivity index (χ4n) is 3.50. The number of nitrogens with one attached hydrogen (secondary N) is 1. The number of carbonyl (C=O) groups is 1. The molecule has 1 N–H and O–H groups in total. The SMILES string of the molecule is COCCNC(=O)c1ccc(CSc2nc(-c3ccccc3)cc(N3CCN(C)CC3)n2)o1. The van der Waals surface area contributed by atoms with Gasteiger partial charge in [0.2, 0.25) is 0 Å². The molecule has 174 valence electrons. The molecule has 0 spiro atoms. The molecule has 4 rings (SSSR count). The normalized spacial score (nSPS) is 14.4. The van der Waals surface area contributed by atoms with Crippen molar-refractivity contribution in [2.45, 2.75) is 10.9 Å². The first-order valence-electron chi connectivity index (χ1n) is 11.0. The number of ether oxygens (including phenoxy) is 1. The summed E-state index contributed by atoms with van der Waals surface area (Å²) in [7, 11) is 3.74. The van der Waals surface area contributed by atoms with Crippen molar-refractivity contribution in [3.8, 4) is 11.3 Å². The maximum Gasteiger partial charge on any atom is 0.287 e. The first-order valence-corrected chi connectivity index (χ1v) is 12.0. The molecule has 0 atom stereocenters. The van der Waals surface area contributed by atoms with Gasteiger partial charge in [0.05, 0.1) is 18.1 Å². The van der Waals surface area contributed by atoms with Crippen LogP contribution in [0.3, 0.4) is 0 Å². The number of anilines is 1. The Hall–Kier alpha value is -2.88. The van der Waals surface area contributed by atoms with Gasteiger partial charge in [0, 0.05) is 51.5 Å². The van der Waals surface area contributed by atoms with Crippen molar-refractivity contribution in [2.24, 2.45) is 0 Å². The van der Waals surface area contributed by atoms with E-state index in [0.29, 0.717) is 35.6 Å². The Bertz CT molecular complexity index is 1050. The van der Waals surface area contributed by atoms with E-state index in [9.17, 15) is 4.79 Å². The molecular formula is C24H29N5O3S. The molecule has 1 fully saturated rings. The summed E-state index contributed by atoms with van der Waals surface area (Å²) >= 11 is 1.50. The summed E-state index contributed by atoms with van der Waals surface area (Å²) in [6.07, 6.45) is 0. The van der Waals surface area contributed by atoms with E-state index in [4.69, 9.17) is 19.1 Å². The fraction of sp³-hybridized carbons (Fsp3) is 0.375. The van der Waals surface area contributed by atoms with Crippen LogP contribution < -0.4 is 10.2 Å². The molecule has 3 aromatic rings. The number of aromatic nitrogens is 2. The molecule has 0 aliphatic carbocycles. The maximum absolute atomic E-state index is 12.2. The monoisotopic (exact) mass is 467 g/mol. The molecule has 1 amide bonds. The van der Waals surface area contributed by atoms with Crippen molar-refractivity contribution in [1.29, 1.82) is 0 Å². The van der Waals surface area contributed by atoms with Gasteiger partial charge in [-0.3, -0.25) is 4.79 Å². The molecular weight excluding hydrogens is 438 g/mol. The standard InChI is InChI=1S/C24H29N5O3S/c1-28-11-13-29(14-12-28)22-16-20(18-6-4-3-5-7-18)26-24(27-22)33-17-19-8-9-21(32-19)23(30)25-10-15-31-2/h3-9,16H,10-15,17H2,1-2H3,(H,25,30). The highest BCUT2D eigenvalue weighted by Crippen LogP contribution is 2.28. The number of methoxy groups -OCH3 is 1. The Kier molecular flexibility index (Phi) is 7.98. The summed E-state index contributed by atoms with van der Waals surface area (Å²) in [5.74, 6) is 2.22. The minimum absolute atomic E-state index is 0.247. The van der Waals surface area contributed by atoms with Crippen molar-refractivity contribution >= 4 is 23.5 Å². The molecule has 0 unspecified atom stereocenters. The summed E-state index contributed by atoms with van der Waals surface area (Å²) in [4.78, 5) is 26.4. The molecule has 9 heteroatoms. The van der Waals surface area contributed by atoms with E-state index < -0.39 is 0 Å². The van der Waals surface area contributed by atoms with Gasteiger partial charge in [-0.2, -0.15) is 0 Å². The molecule has 1 saturated heterocycles. The predicted molar refractivity (Wildman–Crippen MR) is 130 cm³/mol. The summed E-state index contributed by atoms with van der Waals surface area (Å²) < 4.78 is 10.7. The number of carbonyl (C=O) groups excluding carboxylic acids is 1. The van der Waals surface area contributed by atoms with Gasteiger partial charge in [0.25, 0.3) is 5.91 Å². The zero-order valence-corrected chi connectivity index (χ0v) is 19.8. The number of nitrogens with zero attached hydrogens (tertiary/aromatic N) is 4. The van der Waals surface area contributed by atoms with E-state index in [0.717, 1.165) is 43.3 Å². The van der Waals surface area contributed by atoms with E-state index >= 15 is 0 Å². The zero-order chi connectivity index (χ0) is 23.0. The van der Waals surface area contributed by atoms with Gasteiger partial charge < -0.3 is 24.3 Å². The van der Waals surface area contributed by atoms with Gasteiger partial charge in [-0.05, 0) is 19.2 Å². The third-order valence-electron chi connectivity index (χ3n) is 5.41. The number of thioether (sulfide) groups is 1. The highest BCUT2D eigenvalue weighted by atomic mass is 32.2. The largest absolute Gasteiger partial charge is 0.455 e. The fourth-order valence-corrected chi connectivity index (χ4v) is 4.25. The number of benzene rings is 1. The summed E-state index contributed by atoms with van der Waals surface area (Å²) in [6.45, 7) is 4.79. The summed E-state index contributed by atoms with van der Waals surface area (Å²) in [5.41, 5.74) is 1.96. The minimum atomic E-state index is -0.247. The van der Waals surface area contributed by atoms with Gasteiger partial charge in [-0.1, -0.05) is 42.1 Å². The van der Waals surface area contributed by atoms with Crippen molar-refractivity contribution in [3.05, 3.63) is 60.1 Å². The smallest absolute Gasteiger partial charge is 0.287 e. The Balaban J connectivity index is 1.49. The second-order valence-corrected chi connectivity index (χ2v) is 8.80. The van der Waals surface area contributed by atoms with Crippen LogP contribution in [0.5, 0.6) is 0 Å². The van der Waals surface area contributed by atoms with Crippen molar-refractivity contribution < 1.29 is 13.9 Å². The predicted octanol–water partition coefficient (Wildman–Crippen LogP) is 3.16. The lowest BCUT2D eigenvalue weighted by molar-refractivity contribution is 0.0908. The highest BCUT2D eigenvalue weighted by Gasteiger charge is 2.18. The van der Waals surface area contributed by atoms with Crippen LogP contribution >= 0.6 is 11.8 Å². The number of hydrogen-bond acceptors (Lipinski definition) is 8. The van der Waals surface area contributed by atoms with Crippen LogP contribution in [0, 0.1) is 0 Å². The molecule has 33 heavy (non-hydrogen) atoms. The summed E-state index contributed by atoms with van der Waals surface area (Å²) in [6, 6.07) is 15.7. The molecule has 1 aliphatic heterocycles.